The van der Waals surface area contributed by atoms with E-state index in [9.17, 15) is 4.79 Å². The third-order valence-corrected chi connectivity index (χ3v) is 3.45. The summed E-state index contributed by atoms with van der Waals surface area (Å²) in [6.45, 7) is 0. The van der Waals surface area contributed by atoms with E-state index in [1.807, 2.05) is 30.3 Å². The first-order valence-corrected chi connectivity index (χ1v) is 5.77. The van der Waals surface area contributed by atoms with Gasteiger partial charge in [-0.05, 0) is 17.5 Å². The number of benzene rings is 1. The summed E-state index contributed by atoms with van der Waals surface area (Å²) in [4.78, 5) is 22.2. The number of nitrogens with two attached hydrogens (primary N) is 1. The van der Waals surface area contributed by atoms with Crippen molar-refractivity contribution in [2.24, 2.45) is 0 Å². The van der Waals surface area contributed by atoms with Gasteiger partial charge in [-0.1, -0.05) is 18.2 Å². The van der Waals surface area contributed by atoms with Crippen LogP contribution >= 0.6 is 11.3 Å². The molecule has 0 radical (unpaired) electrons. The summed E-state index contributed by atoms with van der Waals surface area (Å²) in [5.41, 5.74) is 4.97. The molecule has 5 nitrogen and oxygen atoms in total. The summed E-state index contributed by atoms with van der Waals surface area (Å²) in [6, 6.07) is 9.94. The highest BCUT2D eigenvalue weighted by Gasteiger charge is 2.07. The number of nitrogens with zero attached hydrogens (tertiary/aromatic N) is 2. The van der Waals surface area contributed by atoms with E-state index in [-0.39, 0.29) is 5.95 Å². The van der Waals surface area contributed by atoms with Crippen LogP contribution in [0.25, 0.3) is 20.8 Å². The second kappa shape index (κ2) is 3.67. The van der Waals surface area contributed by atoms with Crippen LogP contribution in [0.5, 0.6) is 0 Å². The van der Waals surface area contributed by atoms with Gasteiger partial charge in [0, 0.05) is 4.70 Å². The Bertz CT molecular complexity index is 713. The molecule has 0 atom stereocenters. The van der Waals surface area contributed by atoms with Crippen LogP contribution in [0.15, 0.2) is 35.1 Å². The Morgan fingerprint density at radius 3 is 2.82 bits per heavy atom. The Labute approximate surface area is 100.0 Å². The standard InChI is InChI=1S/C11H8N4OS/c12-10-13-9(14-11(16)15-10)8-5-6-3-1-2-4-7(6)17-8/h1-5H,(H3,12,13,14,15,16). The highest BCUT2D eigenvalue weighted by molar-refractivity contribution is 7.22. The third kappa shape index (κ3) is 1.78. The number of fused-ring (bicyclic) bond motifs is 1. The van der Waals surface area contributed by atoms with Crippen molar-refractivity contribution in [2.45, 2.75) is 0 Å². The predicted octanol–water partition coefficient (Wildman–Crippen LogP) is 1.63. The van der Waals surface area contributed by atoms with Gasteiger partial charge in [0.05, 0.1) is 4.88 Å². The van der Waals surface area contributed by atoms with Crippen LogP contribution in [0.3, 0.4) is 0 Å². The molecule has 0 aliphatic heterocycles. The molecule has 0 saturated carbocycles. The van der Waals surface area contributed by atoms with Crippen LogP contribution in [0.4, 0.5) is 5.95 Å². The van der Waals surface area contributed by atoms with Crippen molar-refractivity contribution in [3.05, 3.63) is 40.8 Å². The van der Waals surface area contributed by atoms with E-state index in [1.165, 1.54) is 0 Å². The summed E-state index contributed by atoms with van der Waals surface area (Å²) in [5.74, 6) is 0.449. The lowest BCUT2D eigenvalue weighted by atomic mass is 10.2. The average molecular weight is 244 g/mol. The van der Waals surface area contributed by atoms with E-state index in [0.29, 0.717) is 5.82 Å². The largest absolute Gasteiger partial charge is 0.368 e. The maximum Gasteiger partial charge on any atom is 0.349 e. The quantitative estimate of drug-likeness (QED) is 0.681. The van der Waals surface area contributed by atoms with Gasteiger partial charge in [-0.25, -0.2) is 4.79 Å². The summed E-state index contributed by atoms with van der Waals surface area (Å²) >= 11 is 1.55. The number of anilines is 1. The molecule has 1 aromatic carbocycles. The average Bonchev–Trinajstić information content (AvgIpc) is 2.71. The maximum absolute atomic E-state index is 11.2. The number of aromatic nitrogens is 3. The number of thiophene rings is 1. The Morgan fingerprint density at radius 1 is 1.24 bits per heavy atom. The van der Waals surface area contributed by atoms with Gasteiger partial charge < -0.3 is 5.73 Å². The van der Waals surface area contributed by atoms with Crippen LogP contribution in [-0.4, -0.2) is 15.0 Å². The van der Waals surface area contributed by atoms with Gasteiger partial charge >= 0.3 is 5.69 Å². The zero-order valence-corrected chi connectivity index (χ0v) is 9.49. The second-order valence-corrected chi connectivity index (χ2v) is 4.59. The fourth-order valence-electron chi connectivity index (χ4n) is 1.62. The van der Waals surface area contributed by atoms with E-state index in [0.717, 1.165) is 15.0 Å². The minimum Gasteiger partial charge on any atom is -0.368 e. The molecule has 2 heterocycles. The smallest absolute Gasteiger partial charge is 0.349 e. The lowest BCUT2D eigenvalue weighted by Crippen LogP contribution is -2.15. The van der Waals surface area contributed by atoms with E-state index in [4.69, 9.17) is 5.73 Å². The number of nitrogen functional groups attached to an aromatic ring is 1. The SMILES string of the molecule is Nc1nc(-c2cc3ccccc3s2)[nH]c(=O)n1. The molecule has 0 saturated heterocycles. The molecule has 0 aliphatic carbocycles. The number of hydrogen-bond acceptors (Lipinski definition) is 5. The lowest BCUT2D eigenvalue weighted by molar-refractivity contribution is 1.01. The molecule has 0 aliphatic rings. The minimum absolute atomic E-state index is 0.0128. The fourth-order valence-corrected chi connectivity index (χ4v) is 2.62. The van der Waals surface area contributed by atoms with Gasteiger partial charge in [-0.3, -0.25) is 4.98 Å². The summed E-state index contributed by atoms with van der Waals surface area (Å²) in [5, 5.41) is 1.12. The molecular formula is C11H8N4OS. The molecule has 0 fully saturated rings. The normalized spacial score (nSPS) is 10.8. The van der Waals surface area contributed by atoms with Crippen molar-refractivity contribution in [1.82, 2.24) is 15.0 Å². The molecule has 0 unspecified atom stereocenters. The molecule has 0 amide bonds. The topological polar surface area (TPSA) is 84.7 Å². The van der Waals surface area contributed by atoms with Crippen LogP contribution in [0.1, 0.15) is 0 Å². The molecule has 84 valence electrons. The Kier molecular flexibility index (Phi) is 2.15. The van der Waals surface area contributed by atoms with E-state index >= 15 is 0 Å². The number of aromatic amines is 1. The third-order valence-electron chi connectivity index (χ3n) is 2.33. The zero-order chi connectivity index (χ0) is 11.8. The van der Waals surface area contributed by atoms with E-state index in [2.05, 4.69) is 15.0 Å². The van der Waals surface area contributed by atoms with Crippen molar-refractivity contribution in [1.29, 1.82) is 0 Å². The molecule has 3 aromatic rings. The Hall–Kier alpha value is -2.21. The summed E-state index contributed by atoms with van der Waals surface area (Å²) < 4.78 is 1.14. The minimum atomic E-state index is -0.482. The van der Waals surface area contributed by atoms with Crippen molar-refractivity contribution < 1.29 is 0 Å². The van der Waals surface area contributed by atoms with E-state index in [1.54, 1.807) is 11.3 Å². The zero-order valence-electron chi connectivity index (χ0n) is 8.68. The maximum atomic E-state index is 11.2. The fraction of sp³-hybridized carbons (Fsp3) is 0. The van der Waals surface area contributed by atoms with Crippen molar-refractivity contribution in [2.75, 3.05) is 5.73 Å². The monoisotopic (exact) mass is 244 g/mol. The molecule has 3 N–H and O–H groups in total. The van der Waals surface area contributed by atoms with Crippen molar-refractivity contribution in [3.8, 4) is 10.7 Å². The number of H-pyrrole nitrogens is 1. The molecule has 0 spiro atoms. The summed E-state index contributed by atoms with van der Waals surface area (Å²) in [7, 11) is 0. The Balaban J connectivity index is 2.23. The number of hydrogen-bond donors (Lipinski definition) is 2. The number of nitrogens with one attached hydrogen (secondary N) is 1. The first-order valence-electron chi connectivity index (χ1n) is 4.95. The molecule has 2 aromatic heterocycles. The van der Waals surface area contributed by atoms with Crippen LogP contribution < -0.4 is 11.4 Å². The van der Waals surface area contributed by atoms with Gasteiger partial charge in [0.2, 0.25) is 5.95 Å². The second-order valence-electron chi connectivity index (χ2n) is 3.51. The van der Waals surface area contributed by atoms with Gasteiger partial charge in [0.25, 0.3) is 0 Å². The van der Waals surface area contributed by atoms with Gasteiger partial charge in [-0.2, -0.15) is 9.97 Å². The van der Waals surface area contributed by atoms with Gasteiger partial charge in [0.15, 0.2) is 5.82 Å². The van der Waals surface area contributed by atoms with Crippen LogP contribution in [0.2, 0.25) is 0 Å². The first kappa shape index (κ1) is 9.98. The first-order chi connectivity index (χ1) is 8.22. The van der Waals surface area contributed by atoms with Gasteiger partial charge in [-0.15, -0.1) is 11.3 Å². The van der Waals surface area contributed by atoms with Crippen LogP contribution in [0, 0.1) is 0 Å². The van der Waals surface area contributed by atoms with Crippen molar-refractivity contribution in [3.63, 3.8) is 0 Å². The molecule has 3 rings (SSSR count). The Morgan fingerprint density at radius 2 is 2.06 bits per heavy atom. The van der Waals surface area contributed by atoms with Crippen molar-refractivity contribution >= 4 is 27.4 Å². The predicted molar refractivity (Wildman–Crippen MR) is 67.9 cm³/mol. The lowest BCUT2D eigenvalue weighted by Gasteiger charge is -1.95. The molecular weight excluding hydrogens is 236 g/mol. The van der Waals surface area contributed by atoms with Crippen LogP contribution in [-0.2, 0) is 0 Å². The molecule has 6 heteroatoms. The highest BCUT2D eigenvalue weighted by atomic mass is 32.1. The molecule has 17 heavy (non-hydrogen) atoms. The molecule has 0 bridgehead atoms. The van der Waals surface area contributed by atoms with Gasteiger partial charge in [0.1, 0.15) is 0 Å². The number of rotatable bonds is 1. The summed E-state index contributed by atoms with van der Waals surface area (Å²) in [6.07, 6.45) is 0. The van der Waals surface area contributed by atoms with E-state index < -0.39 is 5.69 Å². The highest BCUT2D eigenvalue weighted by Crippen LogP contribution is 2.30.